The van der Waals surface area contributed by atoms with Crippen molar-refractivity contribution < 1.29 is 23.5 Å². The molecule has 1 saturated heterocycles. The van der Waals surface area contributed by atoms with Gasteiger partial charge < -0.3 is 19.7 Å². The summed E-state index contributed by atoms with van der Waals surface area (Å²) in [5, 5.41) is 22.5. The second kappa shape index (κ2) is 7.10. The first-order valence-electron chi connectivity index (χ1n) is 7.44. The lowest BCUT2D eigenvalue weighted by Crippen LogP contribution is -2.41. The third-order valence-electron chi connectivity index (χ3n) is 3.62. The summed E-state index contributed by atoms with van der Waals surface area (Å²) in [5.74, 6) is 0.0413. The van der Waals surface area contributed by atoms with Gasteiger partial charge in [0.05, 0.1) is 11.3 Å². The zero-order valence-corrected chi connectivity index (χ0v) is 14.2. The van der Waals surface area contributed by atoms with E-state index in [2.05, 4.69) is 5.10 Å². The van der Waals surface area contributed by atoms with E-state index in [4.69, 9.17) is 4.74 Å². The minimum absolute atomic E-state index is 0.00192. The van der Waals surface area contributed by atoms with Gasteiger partial charge in [-0.05, 0) is 39.7 Å². The van der Waals surface area contributed by atoms with Gasteiger partial charge in [-0.15, -0.1) is 3.89 Å². The molecule has 2 rings (SSSR count). The Morgan fingerprint density at radius 2 is 2.04 bits per heavy atom. The van der Waals surface area contributed by atoms with E-state index in [0.29, 0.717) is 31.6 Å². The molecule has 128 valence electrons. The van der Waals surface area contributed by atoms with Crippen LogP contribution < -0.4 is 5.59 Å². The molecular formula is C13H21BFN3O4S. The SMILES string of the molecule is CC(C)(C)OC(=O)N1CCC(c2cc(B(O)O)n(SF)n2)CC1. The van der Waals surface area contributed by atoms with Gasteiger partial charge in [0.1, 0.15) is 5.60 Å². The van der Waals surface area contributed by atoms with Crippen LogP contribution >= 0.6 is 12.3 Å². The van der Waals surface area contributed by atoms with Gasteiger partial charge in [-0.2, -0.15) is 9.19 Å². The number of piperidine rings is 1. The fourth-order valence-electron chi connectivity index (χ4n) is 2.51. The van der Waals surface area contributed by atoms with Crippen molar-refractivity contribution in [2.45, 2.75) is 45.1 Å². The Morgan fingerprint density at radius 3 is 2.48 bits per heavy atom. The monoisotopic (exact) mass is 345 g/mol. The average Bonchev–Trinajstić information content (AvgIpc) is 2.90. The molecule has 0 radical (unpaired) electrons. The summed E-state index contributed by atoms with van der Waals surface area (Å²) in [5.41, 5.74) is 0.0705. The highest BCUT2D eigenvalue weighted by atomic mass is 32.2. The molecule has 7 nitrogen and oxygen atoms in total. The Balaban J connectivity index is 1.98. The van der Waals surface area contributed by atoms with E-state index in [1.807, 2.05) is 20.8 Å². The molecular weight excluding hydrogens is 324 g/mol. The summed E-state index contributed by atoms with van der Waals surface area (Å²) in [7, 11) is -1.78. The van der Waals surface area contributed by atoms with Crippen LogP contribution in [-0.4, -0.2) is 56.0 Å². The van der Waals surface area contributed by atoms with Crippen LogP contribution in [0.4, 0.5) is 8.68 Å². The lowest BCUT2D eigenvalue weighted by Gasteiger charge is -2.32. The number of hydrogen-bond acceptors (Lipinski definition) is 6. The molecule has 23 heavy (non-hydrogen) atoms. The van der Waals surface area contributed by atoms with Gasteiger partial charge >= 0.3 is 13.2 Å². The van der Waals surface area contributed by atoms with Gasteiger partial charge in [-0.1, -0.05) is 0 Å². The standard InChI is InChI=1S/C13H21BFN3O4S/c1-13(2,3)22-12(19)17-6-4-9(5-7-17)10-8-11(14(20)21)18(16-10)23-15/h8-9,20-21H,4-7H2,1-3H3. The van der Waals surface area contributed by atoms with Crippen molar-refractivity contribution in [2.24, 2.45) is 0 Å². The van der Waals surface area contributed by atoms with E-state index in [0.717, 1.165) is 4.09 Å². The minimum Gasteiger partial charge on any atom is -0.444 e. The van der Waals surface area contributed by atoms with Gasteiger partial charge in [-0.25, -0.2) is 4.79 Å². The van der Waals surface area contributed by atoms with Crippen LogP contribution in [0.5, 0.6) is 0 Å². The molecule has 0 unspecified atom stereocenters. The van der Waals surface area contributed by atoms with E-state index in [-0.39, 0.29) is 29.9 Å². The number of nitrogens with zero attached hydrogens (tertiary/aromatic N) is 3. The van der Waals surface area contributed by atoms with Gasteiger partial charge in [0.2, 0.25) is 0 Å². The third-order valence-corrected chi connectivity index (χ3v) is 4.04. The van der Waals surface area contributed by atoms with Crippen molar-refractivity contribution in [2.75, 3.05) is 13.1 Å². The molecule has 0 aromatic carbocycles. The number of hydrogen-bond donors (Lipinski definition) is 2. The van der Waals surface area contributed by atoms with Crippen LogP contribution in [0.3, 0.4) is 0 Å². The normalized spacial score (nSPS) is 16.5. The summed E-state index contributed by atoms with van der Waals surface area (Å²) < 4.78 is 19.0. The maximum absolute atomic E-state index is 12.8. The predicted octanol–water partition coefficient (Wildman–Crippen LogP) is 1.06. The first-order valence-corrected chi connectivity index (χ1v) is 8.11. The second-order valence-electron chi connectivity index (χ2n) is 6.55. The Hall–Kier alpha value is -1.26. The summed E-state index contributed by atoms with van der Waals surface area (Å²) in [6, 6.07) is 1.49. The van der Waals surface area contributed by atoms with Gasteiger partial charge in [0.15, 0.2) is 12.3 Å². The molecule has 2 N–H and O–H groups in total. The fourth-order valence-corrected chi connectivity index (χ4v) is 2.86. The van der Waals surface area contributed by atoms with Crippen molar-refractivity contribution in [3.05, 3.63) is 11.8 Å². The van der Waals surface area contributed by atoms with Crippen molar-refractivity contribution in [1.82, 2.24) is 14.1 Å². The third kappa shape index (κ3) is 4.61. The van der Waals surface area contributed by atoms with Gasteiger partial charge in [0, 0.05) is 19.0 Å². The Kier molecular flexibility index (Phi) is 5.59. The molecule has 1 aromatic rings. The zero-order valence-electron chi connectivity index (χ0n) is 13.4. The quantitative estimate of drug-likeness (QED) is 0.797. The van der Waals surface area contributed by atoms with Crippen LogP contribution in [0.1, 0.15) is 45.2 Å². The number of amides is 1. The predicted molar refractivity (Wildman–Crippen MR) is 85.9 cm³/mol. The number of aromatic nitrogens is 2. The number of ether oxygens (including phenoxy) is 1. The largest absolute Gasteiger partial charge is 0.509 e. The molecule has 10 heteroatoms. The van der Waals surface area contributed by atoms with E-state index >= 15 is 0 Å². The average molecular weight is 345 g/mol. The molecule has 2 heterocycles. The van der Waals surface area contributed by atoms with Gasteiger partial charge in [-0.3, -0.25) is 0 Å². The van der Waals surface area contributed by atoms with Crippen molar-refractivity contribution >= 4 is 31.1 Å². The molecule has 0 bridgehead atoms. The molecule has 0 spiro atoms. The molecule has 0 saturated carbocycles. The van der Waals surface area contributed by atoms with Crippen LogP contribution in [-0.2, 0) is 4.74 Å². The van der Waals surface area contributed by atoms with Crippen LogP contribution in [0, 0.1) is 0 Å². The van der Waals surface area contributed by atoms with E-state index < -0.39 is 12.7 Å². The summed E-state index contributed by atoms with van der Waals surface area (Å²) >= 11 is -0.179. The van der Waals surface area contributed by atoms with Crippen LogP contribution in [0.25, 0.3) is 0 Å². The molecule has 1 fully saturated rings. The Morgan fingerprint density at radius 1 is 1.43 bits per heavy atom. The van der Waals surface area contributed by atoms with Crippen molar-refractivity contribution in [3.8, 4) is 0 Å². The van der Waals surface area contributed by atoms with Gasteiger partial charge in [0.25, 0.3) is 0 Å². The number of carbonyl (C=O) groups excluding carboxylic acids is 1. The lowest BCUT2D eigenvalue weighted by atomic mass is 9.84. The molecule has 1 aliphatic rings. The lowest BCUT2D eigenvalue weighted by molar-refractivity contribution is 0.0204. The number of halogens is 1. The highest BCUT2D eigenvalue weighted by Crippen LogP contribution is 2.28. The summed E-state index contributed by atoms with van der Waals surface area (Å²) in [4.78, 5) is 13.7. The highest BCUT2D eigenvalue weighted by Gasteiger charge is 2.30. The smallest absolute Gasteiger partial charge is 0.444 e. The number of carbonyl (C=O) groups is 1. The number of likely N-dealkylation sites (tertiary alicyclic amines) is 1. The van der Waals surface area contributed by atoms with E-state index in [1.54, 1.807) is 4.90 Å². The zero-order chi connectivity index (χ0) is 17.2. The van der Waals surface area contributed by atoms with E-state index in [1.165, 1.54) is 6.07 Å². The topological polar surface area (TPSA) is 87.8 Å². The molecule has 0 atom stereocenters. The molecule has 0 aliphatic carbocycles. The summed E-state index contributed by atoms with van der Waals surface area (Å²) in [6.07, 6.45) is 0.981. The Bertz CT molecular complexity index is 556. The Labute approximate surface area is 139 Å². The molecule has 1 aromatic heterocycles. The fraction of sp³-hybridized carbons (Fsp3) is 0.692. The van der Waals surface area contributed by atoms with Crippen LogP contribution in [0.15, 0.2) is 6.07 Å². The minimum atomic E-state index is -1.78. The van der Waals surface area contributed by atoms with Crippen LogP contribution in [0.2, 0.25) is 0 Å². The first kappa shape index (κ1) is 18.1. The molecule has 1 aliphatic heterocycles. The summed E-state index contributed by atoms with van der Waals surface area (Å²) in [6.45, 7) is 6.50. The maximum atomic E-state index is 12.8. The highest BCUT2D eigenvalue weighted by molar-refractivity contribution is 7.92. The van der Waals surface area contributed by atoms with Crippen molar-refractivity contribution in [3.63, 3.8) is 0 Å². The number of rotatable bonds is 3. The van der Waals surface area contributed by atoms with E-state index in [9.17, 15) is 18.7 Å². The maximum Gasteiger partial charge on any atom is 0.509 e. The molecule has 1 amide bonds. The second-order valence-corrected chi connectivity index (χ2v) is 7.04. The van der Waals surface area contributed by atoms with Crippen molar-refractivity contribution in [1.29, 1.82) is 0 Å². The first-order chi connectivity index (χ1) is 10.7.